The first-order valence-corrected chi connectivity index (χ1v) is 8.13. The van der Waals surface area contributed by atoms with Gasteiger partial charge >= 0.3 is 5.97 Å². The Morgan fingerprint density at radius 3 is 2.64 bits per heavy atom. The van der Waals surface area contributed by atoms with E-state index >= 15 is 0 Å². The van der Waals surface area contributed by atoms with Crippen LogP contribution in [0.1, 0.15) is 27.6 Å². The molecule has 25 heavy (non-hydrogen) atoms. The first-order chi connectivity index (χ1) is 12.1. The number of rotatable bonds is 5. The topological polar surface area (TPSA) is 52.6 Å². The van der Waals surface area contributed by atoms with Crippen LogP contribution in [0.3, 0.4) is 0 Å². The van der Waals surface area contributed by atoms with Crippen molar-refractivity contribution < 1.29 is 19.1 Å². The lowest BCUT2D eigenvalue weighted by Crippen LogP contribution is -2.11. The summed E-state index contributed by atoms with van der Waals surface area (Å²) in [6, 6.07) is 15.9. The number of aldehydes is 1. The average Bonchev–Trinajstić information content (AvgIpc) is 2.63. The van der Waals surface area contributed by atoms with Gasteiger partial charge in [0, 0.05) is 5.56 Å². The molecule has 126 valence electrons. The molecule has 0 heterocycles. The number of hydrogen-bond acceptors (Lipinski definition) is 4. The summed E-state index contributed by atoms with van der Waals surface area (Å²) in [6.45, 7) is 2.13. The van der Waals surface area contributed by atoms with Gasteiger partial charge in [0.2, 0.25) is 0 Å². The minimum absolute atomic E-state index is 0.104. The van der Waals surface area contributed by atoms with Crippen molar-refractivity contribution in [2.45, 2.75) is 6.92 Å². The molecule has 0 saturated heterocycles. The summed E-state index contributed by atoms with van der Waals surface area (Å²) in [5.74, 6) is -0.184. The normalized spacial score (nSPS) is 10.5. The molecule has 0 aliphatic carbocycles. The Labute approximate surface area is 149 Å². The Morgan fingerprint density at radius 1 is 1.12 bits per heavy atom. The zero-order chi connectivity index (χ0) is 17.8. The molecule has 0 fully saturated rings. The van der Waals surface area contributed by atoms with Gasteiger partial charge in [-0.1, -0.05) is 48.0 Å². The van der Waals surface area contributed by atoms with Crippen LogP contribution in [0.15, 0.2) is 54.6 Å². The predicted octanol–water partition coefficient (Wildman–Crippen LogP) is 4.92. The maximum absolute atomic E-state index is 12.7. The van der Waals surface area contributed by atoms with Crippen molar-refractivity contribution in [1.82, 2.24) is 0 Å². The van der Waals surface area contributed by atoms with Crippen molar-refractivity contribution in [2.75, 3.05) is 6.61 Å². The molecule has 0 N–H and O–H groups in total. The second kappa shape index (κ2) is 7.36. The Bertz CT molecular complexity index is 944. The van der Waals surface area contributed by atoms with E-state index in [-0.39, 0.29) is 16.5 Å². The van der Waals surface area contributed by atoms with Crippen molar-refractivity contribution >= 4 is 34.6 Å². The van der Waals surface area contributed by atoms with E-state index in [1.54, 1.807) is 19.1 Å². The van der Waals surface area contributed by atoms with Crippen LogP contribution in [0.25, 0.3) is 10.8 Å². The summed E-state index contributed by atoms with van der Waals surface area (Å²) >= 11 is 6.18. The standard InChI is InChI=1S/C20H15ClO4/c1-2-24-18-11-13(12-22)10-17(21)19(18)25-20(23)16-9-5-7-14-6-3-4-8-15(14)16/h3-12H,2H2,1H3. The number of carbonyl (C=O) groups excluding carboxylic acids is 2. The Hall–Kier alpha value is -2.85. The molecule has 5 heteroatoms. The fraction of sp³-hybridized carbons (Fsp3) is 0.100. The monoisotopic (exact) mass is 354 g/mol. The Kier molecular flexibility index (Phi) is 5.00. The number of fused-ring (bicyclic) bond motifs is 1. The van der Waals surface area contributed by atoms with Crippen LogP contribution >= 0.6 is 11.6 Å². The molecule has 3 rings (SSSR count). The Morgan fingerprint density at radius 2 is 1.88 bits per heavy atom. The molecule has 0 amide bonds. The van der Waals surface area contributed by atoms with E-state index in [1.807, 2.05) is 30.3 Å². The number of benzene rings is 3. The van der Waals surface area contributed by atoms with Gasteiger partial charge in [-0.2, -0.15) is 0 Å². The van der Waals surface area contributed by atoms with Crippen LogP contribution in [0.4, 0.5) is 0 Å². The summed E-state index contributed by atoms with van der Waals surface area (Å²) in [7, 11) is 0. The third kappa shape index (κ3) is 3.49. The smallest absolute Gasteiger partial charge is 0.344 e. The Balaban J connectivity index is 2.01. The highest BCUT2D eigenvalue weighted by molar-refractivity contribution is 6.32. The molecule has 0 aromatic heterocycles. The molecule has 0 aliphatic heterocycles. The maximum atomic E-state index is 12.7. The van der Waals surface area contributed by atoms with Gasteiger partial charge in [-0.15, -0.1) is 0 Å². The van der Waals surface area contributed by atoms with Gasteiger partial charge in [-0.3, -0.25) is 4.79 Å². The summed E-state index contributed by atoms with van der Waals surface area (Å²) < 4.78 is 11.0. The zero-order valence-electron chi connectivity index (χ0n) is 13.5. The van der Waals surface area contributed by atoms with Crippen molar-refractivity contribution in [2.24, 2.45) is 0 Å². The van der Waals surface area contributed by atoms with E-state index in [0.29, 0.717) is 24.0 Å². The summed E-state index contributed by atoms with van der Waals surface area (Å²) in [5, 5.41) is 1.86. The highest BCUT2D eigenvalue weighted by Crippen LogP contribution is 2.37. The van der Waals surface area contributed by atoms with Gasteiger partial charge in [0.25, 0.3) is 0 Å². The van der Waals surface area contributed by atoms with Gasteiger partial charge in [0.05, 0.1) is 17.2 Å². The lowest BCUT2D eigenvalue weighted by molar-refractivity contribution is 0.0730. The van der Waals surface area contributed by atoms with E-state index < -0.39 is 5.97 Å². The second-order valence-corrected chi connectivity index (χ2v) is 5.70. The molecule has 0 saturated carbocycles. The SMILES string of the molecule is CCOc1cc(C=O)cc(Cl)c1OC(=O)c1cccc2ccccc12. The molecule has 0 unspecified atom stereocenters. The van der Waals surface area contributed by atoms with Gasteiger partial charge in [0.15, 0.2) is 11.5 Å². The molecule has 0 aliphatic rings. The summed E-state index contributed by atoms with van der Waals surface area (Å²) in [4.78, 5) is 23.7. The van der Waals surface area contributed by atoms with Gasteiger partial charge in [-0.05, 0) is 35.9 Å². The third-order valence-electron chi connectivity index (χ3n) is 3.67. The highest BCUT2D eigenvalue weighted by Gasteiger charge is 2.19. The highest BCUT2D eigenvalue weighted by atomic mass is 35.5. The van der Waals surface area contributed by atoms with Crippen LogP contribution in [0.5, 0.6) is 11.5 Å². The number of carbonyl (C=O) groups is 2. The molecule has 0 atom stereocenters. The van der Waals surface area contributed by atoms with Crippen LogP contribution in [0, 0.1) is 0 Å². The molecular weight excluding hydrogens is 340 g/mol. The van der Waals surface area contributed by atoms with Gasteiger partial charge in [0.1, 0.15) is 6.29 Å². The maximum Gasteiger partial charge on any atom is 0.344 e. The van der Waals surface area contributed by atoms with Crippen molar-refractivity contribution in [3.8, 4) is 11.5 Å². The molecular formula is C20H15ClO4. The molecule has 3 aromatic carbocycles. The summed E-state index contributed by atoms with van der Waals surface area (Å²) in [6.07, 6.45) is 0.657. The van der Waals surface area contributed by atoms with E-state index in [9.17, 15) is 9.59 Å². The lowest BCUT2D eigenvalue weighted by Gasteiger charge is -2.13. The quantitative estimate of drug-likeness (QED) is 0.370. The molecule has 4 nitrogen and oxygen atoms in total. The first kappa shape index (κ1) is 17.0. The number of ether oxygens (including phenoxy) is 2. The van der Waals surface area contributed by atoms with Crippen molar-refractivity contribution in [3.05, 3.63) is 70.7 Å². The number of hydrogen-bond donors (Lipinski definition) is 0. The zero-order valence-corrected chi connectivity index (χ0v) is 14.2. The fourth-order valence-electron chi connectivity index (χ4n) is 2.57. The summed E-state index contributed by atoms with van der Waals surface area (Å²) in [5.41, 5.74) is 0.773. The lowest BCUT2D eigenvalue weighted by atomic mass is 10.0. The average molecular weight is 355 g/mol. The third-order valence-corrected chi connectivity index (χ3v) is 3.95. The van der Waals surface area contributed by atoms with Crippen LogP contribution < -0.4 is 9.47 Å². The van der Waals surface area contributed by atoms with Crippen molar-refractivity contribution in [1.29, 1.82) is 0 Å². The number of halogens is 1. The minimum Gasteiger partial charge on any atom is -0.490 e. The van der Waals surface area contributed by atoms with Gasteiger partial charge < -0.3 is 9.47 Å². The van der Waals surface area contributed by atoms with Crippen LogP contribution in [-0.2, 0) is 0 Å². The van der Waals surface area contributed by atoms with E-state index in [2.05, 4.69) is 0 Å². The van der Waals surface area contributed by atoms with E-state index in [4.69, 9.17) is 21.1 Å². The van der Waals surface area contributed by atoms with E-state index in [1.165, 1.54) is 12.1 Å². The van der Waals surface area contributed by atoms with Crippen LogP contribution in [-0.4, -0.2) is 18.9 Å². The molecule has 0 bridgehead atoms. The van der Waals surface area contributed by atoms with Gasteiger partial charge in [-0.25, -0.2) is 4.79 Å². The minimum atomic E-state index is -0.543. The fourth-order valence-corrected chi connectivity index (χ4v) is 2.83. The molecule has 0 radical (unpaired) electrons. The second-order valence-electron chi connectivity index (χ2n) is 5.30. The number of esters is 1. The largest absolute Gasteiger partial charge is 0.490 e. The molecule has 0 spiro atoms. The predicted molar refractivity (Wildman–Crippen MR) is 96.9 cm³/mol. The van der Waals surface area contributed by atoms with Crippen molar-refractivity contribution in [3.63, 3.8) is 0 Å². The molecule has 3 aromatic rings. The van der Waals surface area contributed by atoms with Crippen LogP contribution in [0.2, 0.25) is 5.02 Å². The first-order valence-electron chi connectivity index (χ1n) is 7.75. The van der Waals surface area contributed by atoms with E-state index in [0.717, 1.165) is 10.8 Å².